The van der Waals surface area contributed by atoms with E-state index in [0.717, 1.165) is 35.7 Å². The Bertz CT molecular complexity index is 1130. The molecule has 0 saturated carbocycles. The fraction of sp³-hybridized carbons (Fsp3) is 0.269. The number of rotatable bonds is 5. The summed E-state index contributed by atoms with van der Waals surface area (Å²) in [6.45, 7) is 7.52. The van der Waals surface area contributed by atoms with Gasteiger partial charge in [0.15, 0.2) is 0 Å². The Labute approximate surface area is 187 Å². The van der Waals surface area contributed by atoms with Crippen LogP contribution in [0, 0.1) is 0 Å². The van der Waals surface area contributed by atoms with Crippen molar-refractivity contribution >= 4 is 28.4 Å². The number of thiophene rings is 1. The van der Waals surface area contributed by atoms with Gasteiger partial charge in [-0.25, -0.2) is 4.79 Å². The summed E-state index contributed by atoms with van der Waals surface area (Å²) in [6, 6.07) is 18.2. The second kappa shape index (κ2) is 8.23. The van der Waals surface area contributed by atoms with Gasteiger partial charge in [-0.3, -0.25) is 0 Å². The number of hydrogen-bond acceptors (Lipinski definition) is 4. The highest BCUT2D eigenvalue weighted by atomic mass is 32.1. The van der Waals surface area contributed by atoms with Crippen molar-refractivity contribution in [3.8, 4) is 5.75 Å². The third-order valence-electron chi connectivity index (χ3n) is 6.10. The van der Waals surface area contributed by atoms with Crippen LogP contribution in [-0.2, 0) is 16.8 Å². The molecule has 4 nitrogen and oxygen atoms in total. The average Bonchev–Trinajstić information content (AvgIpc) is 3.23. The van der Waals surface area contributed by atoms with Crippen LogP contribution in [0.25, 0.3) is 6.08 Å². The van der Waals surface area contributed by atoms with Gasteiger partial charge in [0, 0.05) is 17.5 Å². The molecule has 4 rings (SSSR count). The lowest BCUT2D eigenvalue weighted by molar-refractivity contribution is -0.131. The maximum absolute atomic E-state index is 10.8. The molecule has 2 aromatic carbocycles. The molecule has 1 aliphatic heterocycles. The van der Waals surface area contributed by atoms with Crippen LogP contribution in [0.4, 0.5) is 5.00 Å². The predicted octanol–water partition coefficient (Wildman–Crippen LogP) is 6.00. The van der Waals surface area contributed by atoms with Crippen molar-refractivity contribution in [2.24, 2.45) is 0 Å². The largest absolute Gasteiger partial charge is 0.508 e. The lowest BCUT2D eigenvalue weighted by Gasteiger charge is -2.47. The number of benzene rings is 2. The van der Waals surface area contributed by atoms with Crippen molar-refractivity contribution in [3.63, 3.8) is 0 Å². The lowest BCUT2D eigenvalue weighted by Crippen LogP contribution is -2.49. The minimum absolute atomic E-state index is 0.293. The first-order valence-corrected chi connectivity index (χ1v) is 11.3. The number of carboxylic acid groups (broad SMARTS) is 1. The van der Waals surface area contributed by atoms with Crippen LogP contribution in [0.3, 0.4) is 0 Å². The van der Waals surface area contributed by atoms with E-state index in [0.29, 0.717) is 11.7 Å². The summed E-state index contributed by atoms with van der Waals surface area (Å²) in [5, 5.41) is 20.2. The van der Waals surface area contributed by atoms with E-state index in [1.54, 1.807) is 12.1 Å². The molecule has 0 aliphatic carbocycles. The normalized spacial score (nSPS) is 18.5. The molecule has 0 amide bonds. The summed E-state index contributed by atoms with van der Waals surface area (Å²) in [4.78, 5) is 14.7. The molecule has 3 aromatic rings. The molecule has 2 heterocycles. The van der Waals surface area contributed by atoms with Crippen LogP contribution in [0.5, 0.6) is 5.75 Å². The van der Waals surface area contributed by atoms with Gasteiger partial charge in [0.25, 0.3) is 0 Å². The smallest absolute Gasteiger partial charge is 0.328 e. The number of phenols is 1. The number of aliphatic carboxylic acids is 1. The number of fused-ring (bicyclic) bond motifs is 1. The number of carbonyl (C=O) groups is 1. The second-order valence-corrected chi connectivity index (χ2v) is 9.53. The molecular weight excluding hydrogens is 406 g/mol. The van der Waals surface area contributed by atoms with E-state index in [2.05, 4.69) is 49.9 Å². The first-order chi connectivity index (χ1) is 14.8. The SMILES string of the molecule is CC(C)c1ccc(N2CCc3cc(O)ccc3C2(C)c2ccc(/C=C/C(=O)O)cc2)s1. The molecule has 1 aliphatic rings. The average molecular weight is 434 g/mol. The summed E-state index contributed by atoms with van der Waals surface area (Å²) in [5.74, 6) is -0.178. The summed E-state index contributed by atoms with van der Waals surface area (Å²) in [6.07, 6.45) is 3.63. The van der Waals surface area contributed by atoms with Crippen molar-refractivity contribution in [3.05, 3.63) is 87.8 Å². The summed E-state index contributed by atoms with van der Waals surface area (Å²) < 4.78 is 0. The first-order valence-electron chi connectivity index (χ1n) is 10.5. The van der Waals surface area contributed by atoms with E-state index in [4.69, 9.17) is 5.11 Å². The van der Waals surface area contributed by atoms with Crippen LogP contribution in [-0.4, -0.2) is 22.7 Å². The zero-order valence-corrected chi connectivity index (χ0v) is 18.8. The molecule has 0 bridgehead atoms. The van der Waals surface area contributed by atoms with Crippen molar-refractivity contribution in [1.82, 2.24) is 0 Å². The Morgan fingerprint density at radius 2 is 1.87 bits per heavy atom. The van der Waals surface area contributed by atoms with Gasteiger partial charge in [-0.1, -0.05) is 44.2 Å². The van der Waals surface area contributed by atoms with Gasteiger partial charge in [-0.15, -0.1) is 11.3 Å². The third-order valence-corrected chi connectivity index (χ3v) is 7.51. The molecule has 1 aromatic heterocycles. The van der Waals surface area contributed by atoms with E-state index in [9.17, 15) is 9.90 Å². The molecule has 0 radical (unpaired) electrons. The van der Waals surface area contributed by atoms with Gasteiger partial charge >= 0.3 is 5.97 Å². The van der Waals surface area contributed by atoms with Crippen LogP contribution in [0.2, 0.25) is 0 Å². The standard InChI is InChI=1S/C26H27NO3S/c1-17(2)23-11-12-24(31-23)27-15-14-19-16-21(28)9-10-22(19)26(27,3)20-7-4-18(5-8-20)6-13-25(29)30/h4-13,16-17,28H,14-15H2,1-3H3,(H,29,30)/b13-6+. The number of nitrogens with zero attached hydrogens (tertiary/aromatic N) is 1. The Morgan fingerprint density at radius 1 is 1.13 bits per heavy atom. The second-order valence-electron chi connectivity index (χ2n) is 8.44. The molecule has 160 valence electrons. The fourth-order valence-corrected chi connectivity index (χ4v) is 5.52. The van der Waals surface area contributed by atoms with Crippen molar-refractivity contribution in [1.29, 1.82) is 0 Å². The molecule has 31 heavy (non-hydrogen) atoms. The van der Waals surface area contributed by atoms with Gasteiger partial charge in [0.05, 0.1) is 10.5 Å². The van der Waals surface area contributed by atoms with Gasteiger partial charge in [-0.05, 0) is 71.9 Å². The summed E-state index contributed by atoms with van der Waals surface area (Å²) >= 11 is 1.84. The third kappa shape index (κ3) is 3.98. The van der Waals surface area contributed by atoms with Crippen LogP contribution in [0.1, 0.15) is 53.8 Å². The summed E-state index contributed by atoms with van der Waals surface area (Å²) in [7, 11) is 0. The van der Waals surface area contributed by atoms with Crippen LogP contribution >= 0.6 is 11.3 Å². The molecule has 1 atom stereocenters. The number of phenolic OH excluding ortho intramolecular Hbond substituents is 1. The van der Waals surface area contributed by atoms with E-state index >= 15 is 0 Å². The highest BCUT2D eigenvalue weighted by Crippen LogP contribution is 2.46. The fourth-order valence-electron chi connectivity index (χ4n) is 4.39. The topological polar surface area (TPSA) is 60.8 Å². The lowest BCUT2D eigenvalue weighted by atomic mass is 9.77. The Kier molecular flexibility index (Phi) is 5.63. The Morgan fingerprint density at radius 3 is 2.52 bits per heavy atom. The highest BCUT2D eigenvalue weighted by Gasteiger charge is 2.41. The Balaban J connectivity index is 1.82. The van der Waals surface area contributed by atoms with Crippen molar-refractivity contribution in [2.45, 2.75) is 38.6 Å². The zero-order valence-electron chi connectivity index (χ0n) is 18.0. The van der Waals surface area contributed by atoms with Gasteiger partial charge in [-0.2, -0.15) is 0 Å². The molecule has 0 spiro atoms. The van der Waals surface area contributed by atoms with Crippen LogP contribution < -0.4 is 4.90 Å². The van der Waals surface area contributed by atoms with Crippen molar-refractivity contribution < 1.29 is 15.0 Å². The van der Waals surface area contributed by atoms with Crippen molar-refractivity contribution in [2.75, 3.05) is 11.4 Å². The molecule has 5 heteroatoms. The van der Waals surface area contributed by atoms with E-state index in [-0.39, 0.29) is 0 Å². The highest BCUT2D eigenvalue weighted by molar-refractivity contribution is 7.16. The van der Waals surface area contributed by atoms with Crippen LogP contribution in [0.15, 0.2) is 60.7 Å². The number of carboxylic acids is 1. The summed E-state index contributed by atoms with van der Waals surface area (Å²) in [5.41, 5.74) is 3.92. The molecule has 1 unspecified atom stereocenters. The minimum atomic E-state index is -0.957. The van der Waals surface area contributed by atoms with E-state index in [1.165, 1.54) is 15.4 Å². The Hall–Kier alpha value is -3.05. The molecule has 2 N–H and O–H groups in total. The van der Waals surface area contributed by atoms with Gasteiger partial charge in [0.1, 0.15) is 5.75 Å². The monoisotopic (exact) mass is 433 g/mol. The minimum Gasteiger partial charge on any atom is -0.508 e. The quantitative estimate of drug-likeness (QED) is 0.485. The number of aromatic hydroxyl groups is 1. The number of anilines is 1. The van der Waals surface area contributed by atoms with E-state index in [1.807, 2.05) is 35.6 Å². The molecule has 0 fully saturated rings. The predicted molar refractivity (Wildman–Crippen MR) is 127 cm³/mol. The van der Waals surface area contributed by atoms with Gasteiger partial charge in [0.2, 0.25) is 0 Å². The molecular formula is C26H27NO3S. The number of hydrogen-bond donors (Lipinski definition) is 2. The maximum atomic E-state index is 10.8. The maximum Gasteiger partial charge on any atom is 0.328 e. The van der Waals surface area contributed by atoms with E-state index < -0.39 is 11.5 Å². The van der Waals surface area contributed by atoms with Gasteiger partial charge < -0.3 is 15.1 Å². The zero-order chi connectivity index (χ0) is 22.2. The molecule has 0 saturated heterocycles. The first kappa shape index (κ1) is 21.2.